The van der Waals surface area contributed by atoms with Crippen LogP contribution in [0.3, 0.4) is 0 Å². The highest BCUT2D eigenvalue weighted by Gasteiger charge is 2.39. The molecule has 7 heteroatoms. The minimum absolute atomic E-state index is 0.0583. The van der Waals surface area contributed by atoms with E-state index in [2.05, 4.69) is 16.9 Å². The molecular weight excluding hydrogens is 221 g/mol. The van der Waals surface area contributed by atoms with Crippen molar-refractivity contribution >= 4 is 5.70 Å². The van der Waals surface area contributed by atoms with Crippen LogP contribution in [0.15, 0.2) is 6.58 Å². The highest BCUT2D eigenvalue weighted by atomic mass is 19.4. The number of hydrogen-bond acceptors (Lipinski definition) is 3. The topological polar surface area (TPSA) is 55.9 Å². The van der Waals surface area contributed by atoms with Gasteiger partial charge in [-0.25, -0.2) is 4.98 Å². The van der Waals surface area contributed by atoms with E-state index < -0.39 is 12.0 Å². The van der Waals surface area contributed by atoms with Gasteiger partial charge in [-0.05, 0) is 0 Å². The summed E-state index contributed by atoms with van der Waals surface area (Å²) < 4.78 is 39.2. The lowest BCUT2D eigenvalue weighted by Gasteiger charge is -2.19. The normalized spacial score (nSPS) is 15.9. The Bertz CT molecular complexity index is 433. The van der Waals surface area contributed by atoms with Gasteiger partial charge in [0.25, 0.3) is 0 Å². The average molecular weight is 232 g/mol. The molecule has 0 unspecified atom stereocenters. The van der Waals surface area contributed by atoms with Gasteiger partial charge in [0.05, 0.1) is 11.4 Å². The van der Waals surface area contributed by atoms with Crippen molar-refractivity contribution in [1.82, 2.24) is 14.9 Å². The lowest BCUT2D eigenvalue weighted by atomic mass is 10.2. The van der Waals surface area contributed by atoms with E-state index in [0.717, 1.165) is 4.57 Å². The molecule has 0 amide bonds. The monoisotopic (exact) mass is 232 g/mol. The maximum absolute atomic E-state index is 12.7. The Kier molecular flexibility index (Phi) is 2.42. The Morgan fingerprint density at radius 3 is 2.75 bits per heavy atom. The Hall–Kier alpha value is -1.50. The minimum atomic E-state index is -4.46. The van der Waals surface area contributed by atoms with E-state index in [1.54, 1.807) is 0 Å². The minimum Gasteiger partial charge on any atom is -0.397 e. The Balaban J connectivity index is 2.59. The van der Waals surface area contributed by atoms with Crippen LogP contribution in [0.4, 0.5) is 13.2 Å². The van der Waals surface area contributed by atoms with Crippen molar-refractivity contribution in [2.45, 2.75) is 19.3 Å². The molecule has 1 aliphatic rings. The van der Waals surface area contributed by atoms with Gasteiger partial charge in [-0.1, -0.05) is 6.58 Å². The molecule has 4 nitrogen and oxygen atoms in total. The summed E-state index contributed by atoms with van der Waals surface area (Å²) in [5.74, 6) is -0.898. The van der Waals surface area contributed by atoms with Crippen LogP contribution in [0.2, 0.25) is 0 Å². The number of nitrogens with two attached hydrogens (primary N) is 1. The largest absolute Gasteiger partial charge is 0.449 e. The molecule has 2 rings (SSSR count). The van der Waals surface area contributed by atoms with E-state index in [4.69, 9.17) is 5.73 Å². The van der Waals surface area contributed by atoms with E-state index in [0.29, 0.717) is 18.8 Å². The van der Waals surface area contributed by atoms with Gasteiger partial charge in [-0.15, -0.1) is 0 Å². The first-order valence-electron chi connectivity index (χ1n) is 4.73. The third kappa shape index (κ3) is 1.67. The molecule has 0 saturated heterocycles. The van der Waals surface area contributed by atoms with E-state index in [1.165, 1.54) is 0 Å². The van der Waals surface area contributed by atoms with Crippen molar-refractivity contribution in [3.05, 3.63) is 23.8 Å². The molecule has 0 bridgehead atoms. The van der Waals surface area contributed by atoms with Crippen LogP contribution in [0.5, 0.6) is 0 Å². The molecule has 2 heterocycles. The number of alkyl halides is 3. The van der Waals surface area contributed by atoms with Gasteiger partial charge in [-0.2, -0.15) is 13.2 Å². The number of fused-ring (bicyclic) bond motifs is 1. The summed E-state index contributed by atoms with van der Waals surface area (Å²) in [5, 5.41) is 2.98. The molecule has 0 spiro atoms. The lowest BCUT2D eigenvalue weighted by molar-refractivity contribution is -0.147. The SMILES string of the molecule is C=C(N)c1nc(C(F)(F)F)n2c1CNCC2. The van der Waals surface area contributed by atoms with Crippen LogP contribution >= 0.6 is 0 Å². The van der Waals surface area contributed by atoms with Gasteiger partial charge in [0.15, 0.2) is 0 Å². The second-order valence-electron chi connectivity index (χ2n) is 3.58. The third-order valence-electron chi connectivity index (χ3n) is 2.43. The second kappa shape index (κ2) is 3.51. The fourth-order valence-electron chi connectivity index (χ4n) is 1.78. The number of halogens is 3. The zero-order valence-electron chi connectivity index (χ0n) is 8.43. The van der Waals surface area contributed by atoms with Crippen molar-refractivity contribution in [2.24, 2.45) is 5.73 Å². The third-order valence-corrected chi connectivity index (χ3v) is 2.43. The van der Waals surface area contributed by atoms with Gasteiger partial charge < -0.3 is 15.6 Å². The summed E-state index contributed by atoms with van der Waals surface area (Å²) >= 11 is 0. The molecule has 3 N–H and O–H groups in total. The smallest absolute Gasteiger partial charge is 0.397 e. The lowest BCUT2D eigenvalue weighted by Crippen LogP contribution is -2.30. The van der Waals surface area contributed by atoms with Crippen LogP contribution in [-0.2, 0) is 19.3 Å². The van der Waals surface area contributed by atoms with Crippen molar-refractivity contribution in [1.29, 1.82) is 0 Å². The number of rotatable bonds is 1. The molecule has 1 aromatic rings. The molecule has 0 aliphatic carbocycles. The maximum Gasteiger partial charge on any atom is 0.449 e. The molecular formula is C9H11F3N4. The van der Waals surface area contributed by atoms with Crippen molar-refractivity contribution in [2.75, 3.05) is 6.54 Å². The van der Waals surface area contributed by atoms with Gasteiger partial charge in [0.2, 0.25) is 5.82 Å². The number of nitrogens with zero attached hydrogens (tertiary/aromatic N) is 2. The van der Waals surface area contributed by atoms with E-state index in [-0.39, 0.29) is 17.9 Å². The summed E-state index contributed by atoms with van der Waals surface area (Å²) in [4.78, 5) is 3.54. The van der Waals surface area contributed by atoms with Crippen molar-refractivity contribution in [3.63, 3.8) is 0 Å². The molecule has 0 saturated carbocycles. The summed E-state index contributed by atoms with van der Waals surface area (Å²) in [5.41, 5.74) is 6.08. The first kappa shape index (κ1) is 11.0. The second-order valence-corrected chi connectivity index (χ2v) is 3.58. The highest BCUT2D eigenvalue weighted by molar-refractivity contribution is 5.59. The van der Waals surface area contributed by atoms with Crippen molar-refractivity contribution < 1.29 is 13.2 Å². The number of hydrogen-bond donors (Lipinski definition) is 2. The summed E-state index contributed by atoms with van der Waals surface area (Å²) in [6, 6.07) is 0. The van der Waals surface area contributed by atoms with Gasteiger partial charge >= 0.3 is 6.18 Å². The molecule has 16 heavy (non-hydrogen) atoms. The van der Waals surface area contributed by atoms with Crippen LogP contribution in [0.1, 0.15) is 17.2 Å². The first-order valence-corrected chi connectivity index (χ1v) is 4.73. The molecule has 1 aliphatic heterocycles. The molecule has 88 valence electrons. The van der Waals surface area contributed by atoms with Crippen molar-refractivity contribution in [3.8, 4) is 0 Å². The predicted molar refractivity (Wildman–Crippen MR) is 52.2 cm³/mol. The molecule has 0 atom stereocenters. The fourth-order valence-corrected chi connectivity index (χ4v) is 1.78. The molecule has 1 aromatic heterocycles. The van der Waals surface area contributed by atoms with E-state index in [1.807, 2.05) is 0 Å². The molecule has 0 aromatic carbocycles. The van der Waals surface area contributed by atoms with Crippen LogP contribution in [0, 0.1) is 0 Å². The van der Waals surface area contributed by atoms with E-state index in [9.17, 15) is 13.2 Å². The molecule has 0 radical (unpaired) electrons. The maximum atomic E-state index is 12.7. The molecule has 0 fully saturated rings. The number of aromatic nitrogens is 2. The summed E-state index contributed by atoms with van der Waals surface area (Å²) in [7, 11) is 0. The van der Waals surface area contributed by atoms with Gasteiger partial charge in [0, 0.05) is 19.6 Å². The Morgan fingerprint density at radius 2 is 2.19 bits per heavy atom. The standard InChI is InChI=1S/C9H11F3N4/c1-5(13)7-6-4-14-2-3-16(6)8(15-7)9(10,11)12/h14H,1-4,13H2. The van der Waals surface area contributed by atoms with Crippen LogP contribution < -0.4 is 11.1 Å². The summed E-state index contributed by atoms with van der Waals surface area (Å²) in [6.45, 7) is 4.49. The zero-order chi connectivity index (χ0) is 11.9. The van der Waals surface area contributed by atoms with Gasteiger partial charge in [-0.3, -0.25) is 0 Å². The predicted octanol–water partition coefficient (Wildman–Crippen LogP) is 0.935. The van der Waals surface area contributed by atoms with E-state index >= 15 is 0 Å². The number of nitrogens with one attached hydrogen (secondary N) is 1. The quantitative estimate of drug-likeness (QED) is 0.757. The Labute approximate surface area is 90.0 Å². The average Bonchev–Trinajstić information content (AvgIpc) is 2.56. The fraction of sp³-hybridized carbons (Fsp3) is 0.444. The summed E-state index contributed by atoms with van der Waals surface area (Å²) in [6.07, 6.45) is -4.46. The number of imidazole rings is 1. The zero-order valence-corrected chi connectivity index (χ0v) is 8.43. The van der Waals surface area contributed by atoms with Gasteiger partial charge in [0.1, 0.15) is 5.69 Å². The Morgan fingerprint density at radius 1 is 1.50 bits per heavy atom. The highest BCUT2D eigenvalue weighted by Crippen LogP contribution is 2.32. The van der Waals surface area contributed by atoms with Crippen LogP contribution in [0.25, 0.3) is 5.70 Å². The van der Waals surface area contributed by atoms with Crippen LogP contribution in [-0.4, -0.2) is 16.1 Å². The first-order chi connectivity index (χ1) is 7.41.